The van der Waals surface area contributed by atoms with Crippen LogP contribution in [0.3, 0.4) is 0 Å². The molecule has 0 saturated heterocycles. The van der Waals surface area contributed by atoms with E-state index in [0.29, 0.717) is 40.5 Å². The maximum atomic E-state index is 15.2. The Morgan fingerprint density at radius 3 is 1.12 bits per heavy atom. The van der Waals surface area contributed by atoms with Crippen molar-refractivity contribution in [1.82, 2.24) is 0 Å². The zero-order valence-electron chi connectivity index (χ0n) is 27.1. The van der Waals surface area contributed by atoms with Gasteiger partial charge >= 0.3 is 0 Å². The molecule has 6 heteroatoms. The Bertz CT molecular complexity index is 2190. The van der Waals surface area contributed by atoms with Crippen molar-refractivity contribution in [3.05, 3.63) is 169 Å². The third kappa shape index (κ3) is 4.79. The molecule has 0 unspecified atom stereocenters. The summed E-state index contributed by atoms with van der Waals surface area (Å²) >= 11 is 0. The molecule has 2 heterocycles. The van der Waals surface area contributed by atoms with E-state index in [0.717, 1.165) is 50.8 Å². The Hall–Kier alpha value is -6.40. The molecule has 0 amide bonds. The van der Waals surface area contributed by atoms with Gasteiger partial charge in [0.1, 0.15) is 11.6 Å². The van der Waals surface area contributed by atoms with Crippen LogP contribution in [0.5, 0.6) is 23.0 Å². The van der Waals surface area contributed by atoms with Crippen molar-refractivity contribution in [3.8, 4) is 45.3 Å². The van der Waals surface area contributed by atoms with E-state index in [1.165, 1.54) is 12.1 Å². The third-order valence-electron chi connectivity index (χ3n) is 9.32. The molecule has 0 bridgehead atoms. The number of para-hydroxylation sites is 8. The van der Waals surface area contributed by atoms with E-state index in [-0.39, 0.29) is 11.6 Å². The number of rotatable bonds is 5. The molecule has 50 heavy (non-hydrogen) atoms. The van der Waals surface area contributed by atoms with Gasteiger partial charge in [0.15, 0.2) is 23.0 Å². The zero-order valence-corrected chi connectivity index (χ0v) is 27.1. The number of hydrogen-bond acceptors (Lipinski definition) is 4. The fourth-order valence-electron chi connectivity index (χ4n) is 7.27. The minimum atomic E-state index is -0.342. The summed E-state index contributed by atoms with van der Waals surface area (Å²) in [6.45, 7) is 2.09. The predicted octanol–water partition coefficient (Wildman–Crippen LogP) is 13.0. The van der Waals surface area contributed by atoms with Gasteiger partial charge in [0, 0.05) is 11.1 Å². The summed E-state index contributed by atoms with van der Waals surface area (Å²) in [5.74, 6) is 2.12. The van der Waals surface area contributed by atoms with E-state index in [1.54, 1.807) is 24.3 Å². The lowest BCUT2D eigenvalue weighted by Gasteiger charge is -2.38. The summed E-state index contributed by atoms with van der Waals surface area (Å²) in [4.78, 5) is 4.40. The van der Waals surface area contributed by atoms with Crippen molar-refractivity contribution >= 4 is 34.1 Å². The van der Waals surface area contributed by atoms with Crippen molar-refractivity contribution in [3.63, 3.8) is 0 Å². The van der Waals surface area contributed by atoms with Crippen molar-refractivity contribution in [2.75, 3.05) is 9.80 Å². The van der Waals surface area contributed by atoms with Crippen LogP contribution in [0.1, 0.15) is 12.5 Å². The average molecular weight is 657 g/mol. The highest BCUT2D eigenvalue weighted by Gasteiger charge is 2.34. The molecule has 0 radical (unpaired) electrons. The second-order valence-electron chi connectivity index (χ2n) is 12.3. The van der Waals surface area contributed by atoms with Gasteiger partial charge < -0.3 is 19.3 Å². The van der Waals surface area contributed by atoms with Gasteiger partial charge in [0.05, 0.1) is 34.1 Å². The number of anilines is 6. The Morgan fingerprint density at radius 2 is 0.780 bits per heavy atom. The van der Waals surface area contributed by atoms with Crippen molar-refractivity contribution in [2.24, 2.45) is 0 Å². The molecule has 7 aromatic rings. The largest absolute Gasteiger partial charge is 0.453 e. The maximum Gasteiger partial charge on any atom is 0.151 e. The highest BCUT2D eigenvalue weighted by Crippen LogP contribution is 2.58. The van der Waals surface area contributed by atoms with Crippen LogP contribution in [-0.2, 0) is 6.42 Å². The SMILES string of the molecule is CCc1c(-c2cccc(F)c2)c(N2c3ccccc3Oc3ccccc32)cc(N2c3ccccc3Oc3ccccc32)c1-c1cccc(F)c1. The van der Waals surface area contributed by atoms with Crippen LogP contribution >= 0.6 is 0 Å². The average Bonchev–Trinajstić information content (AvgIpc) is 3.15. The van der Waals surface area contributed by atoms with Crippen LogP contribution < -0.4 is 19.3 Å². The van der Waals surface area contributed by atoms with Crippen LogP contribution in [0.4, 0.5) is 42.9 Å². The van der Waals surface area contributed by atoms with Crippen LogP contribution in [0.2, 0.25) is 0 Å². The molecular formula is C44H30F2N2O2. The van der Waals surface area contributed by atoms with Gasteiger partial charge in [-0.3, -0.25) is 0 Å². The number of halogens is 2. The molecule has 0 spiro atoms. The normalized spacial score (nSPS) is 12.6. The fraction of sp³-hybridized carbons (Fsp3) is 0.0455. The molecule has 0 atom stereocenters. The van der Waals surface area contributed by atoms with Crippen molar-refractivity contribution in [1.29, 1.82) is 0 Å². The van der Waals surface area contributed by atoms with Gasteiger partial charge in [0.2, 0.25) is 0 Å². The Labute approximate surface area is 289 Å². The lowest BCUT2D eigenvalue weighted by molar-refractivity contribution is 0.477. The Morgan fingerprint density at radius 1 is 0.420 bits per heavy atom. The van der Waals surface area contributed by atoms with Crippen LogP contribution in [0.25, 0.3) is 22.3 Å². The minimum Gasteiger partial charge on any atom is -0.453 e. The number of hydrogen-bond donors (Lipinski definition) is 0. The van der Waals surface area contributed by atoms with Crippen LogP contribution in [0.15, 0.2) is 152 Å². The van der Waals surface area contributed by atoms with Crippen LogP contribution in [0, 0.1) is 11.6 Å². The third-order valence-corrected chi connectivity index (χ3v) is 9.32. The Balaban J connectivity index is 1.47. The molecular weight excluding hydrogens is 626 g/mol. The molecule has 2 aliphatic heterocycles. The molecule has 0 saturated carbocycles. The molecule has 0 aromatic heterocycles. The second-order valence-corrected chi connectivity index (χ2v) is 12.3. The van der Waals surface area contributed by atoms with E-state index in [2.05, 4.69) is 22.8 Å². The Kier molecular flexibility index (Phi) is 7.09. The van der Waals surface area contributed by atoms with E-state index in [9.17, 15) is 0 Å². The quantitative estimate of drug-likeness (QED) is 0.184. The second kappa shape index (κ2) is 11.9. The molecule has 0 aliphatic carbocycles. The summed E-state index contributed by atoms with van der Waals surface area (Å²) in [7, 11) is 0. The predicted molar refractivity (Wildman–Crippen MR) is 196 cm³/mol. The summed E-state index contributed by atoms with van der Waals surface area (Å²) < 4.78 is 43.3. The highest BCUT2D eigenvalue weighted by molar-refractivity contribution is 6.03. The first kappa shape index (κ1) is 29.7. The zero-order chi connectivity index (χ0) is 33.8. The molecule has 7 aromatic carbocycles. The van der Waals surface area contributed by atoms with E-state index >= 15 is 8.78 Å². The van der Waals surface area contributed by atoms with Crippen LogP contribution in [-0.4, -0.2) is 0 Å². The molecule has 0 N–H and O–H groups in total. The van der Waals surface area contributed by atoms with Crippen molar-refractivity contribution in [2.45, 2.75) is 13.3 Å². The number of fused-ring (bicyclic) bond motifs is 4. The van der Waals surface area contributed by atoms with E-state index in [4.69, 9.17) is 9.47 Å². The lowest BCUT2D eigenvalue weighted by Crippen LogP contribution is -2.20. The molecule has 0 fully saturated rings. The van der Waals surface area contributed by atoms with E-state index in [1.807, 2.05) is 109 Å². The lowest BCUT2D eigenvalue weighted by atomic mass is 9.86. The molecule has 9 rings (SSSR count). The summed E-state index contributed by atoms with van der Waals surface area (Å²) in [6.07, 6.45) is 0.569. The number of nitrogens with zero attached hydrogens (tertiary/aromatic N) is 2. The monoisotopic (exact) mass is 656 g/mol. The molecule has 2 aliphatic rings. The number of ether oxygens (including phenoxy) is 2. The van der Waals surface area contributed by atoms with Crippen molar-refractivity contribution < 1.29 is 18.3 Å². The first-order valence-electron chi connectivity index (χ1n) is 16.6. The summed E-state index contributed by atoms with van der Waals surface area (Å²) in [5.41, 5.74) is 9.09. The first-order chi connectivity index (χ1) is 24.6. The molecule has 242 valence electrons. The number of benzene rings is 7. The maximum absolute atomic E-state index is 15.2. The highest BCUT2D eigenvalue weighted by atomic mass is 19.1. The van der Waals surface area contributed by atoms with Gasteiger partial charge in [-0.15, -0.1) is 0 Å². The summed E-state index contributed by atoms with van der Waals surface area (Å²) in [6, 6.07) is 47.3. The fourth-order valence-corrected chi connectivity index (χ4v) is 7.27. The van der Waals surface area contributed by atoms with Gasteiger partial charge in [-0.1, -0.05) is 79.7 Å². The molecule has 4 nitrogen and oxygen atoms in total. The van der Waals surface area contributed by atoms with Gasteiger partial charge in [-0.2, -0.15) is 0 Å². The smallest absolute Gasteiger partial charge is 0.151 e. The topological polar surface area (TPSA) is 24.9 Å². The van der Waals surface area contributed by atoms with E-state index < -0.39 is 0 Å². The summed E-state index contributed by atoms with van der Waals surface area (Å²) in [5, 5.41) is 0. The minimum absolute atomic E-state index is 0.342. The van der Waals surface area contributed by atoms with Gasteiger partial charge in [-0.25, -0.2) is 8.78 Å². The first-order valence-corrected chi connectivity index (χ1v) is 16.6. The van der Waals surface area contributed by atoms with Gasteiger partial charge in [0.25, 0.3) is 0 Å². The standard InChI is InChI=1S/C44H30F2N2O2/c1-2-32-43(28-13-11-15-30(45)25-28)37(47-33-17-3-7-21-39(33)49-40-22-8-4-18-34(40)47)27-38(44(32)29-14-12-16-31(46)26-29)48-35-19-5-9-23-41(35)50-42-24-10-6-20-36(42)48/h3-27H,2H2,1H3. The van der Waals surface area contributed by atoms with Gasteiger partial charge in [-0.05, 0) is 102 Å².